The van der Waals surface area contributed by atoms with E-state index in [1.54, 1.807) is 25.6 Å². The minimum atomic E-state index is 0.00634. The van der Waals surface area contributed by atoms with Crippen molar-refractivity contribution in [2.24, 2.45) is 7.05 Å². The van der Waals surface area contributed by atoms with Gasteiger partial charge in [0.1, 0.15) is 5.75 Å². The predicted molar refractivity (Wildman–Crippen MR) is 47.7 cm³/mol. The van der Waals surface area contributed by atoms with E-state index < -0.39 is 0 Å². The molecular weight excluding hydrogens is 154 g/mol. The monoisotopic (exact) mass is 167 g/mol. The lowest BCUT2D eigenvalue weighted by Crippen LogP contribution is -2.21. The first kappa shape index (κ1) is 8.84. The number of nitrogens with zero attached hydrogens (tertiary/aromatic N) is 1. The van der Waals surface area contributed by atoms with E-state index >= 15 is 0 Å². The molecule has 0 bridgehead atoms. The van der Waals surface area contributed by atoms with Gasteiger partial charge in [-0.2, -0.15) is 0 Å². The molecule has 3 heteroatoms. The average molecular weight is 167 g/mol. The molecule has 3 nitrogen and oxygen atoms in total. The summed E-state index contributed by atoms with van der Waals surface area (Å²) in [5.41, 5.74) is 1.57. The van der Waals surface area contributed by atoms with Crippen molar-refractivity contribution < 1.29 is 4.74 Å². The molecule has 0 unspecified atom stereocenters. The number of methoxy groups -OCH3 is 1. The summed E-state index contributed by atoms with van der Waals surface area (Å²) in [5, 5.41) is 0. The number of rotatable bonds is 1. The van der Waals surface area contributed by atoms with Crippen LogP contribution in [-0.4, -0.2) is 11.7 Å². The summed E-state index contributed by atoms with van der Waals surface area (Å²) < 4.78 is 6.66. The van der Waals surface area contributed by atoms with Gasteiger partial charge in [-0.15, -0.1) is 0 Å². The van der Waals surface area contributed by atoms with Crippen LogP contribution in [0.5, 0.6) is 5.75 Å². The molecule has 0 saturated heterocycles. The summed E-state index contributed by atoms with van der Waals surface area (Å²) in [4.78, 5) is 11.5. The molecule has 0 radical (unpaired) electrons. The molecule has 0 amide bonds. The molecule has 0 N–H and O–H groups in total. The van der Waals surface area contributed by atoms with Gasteiger partial charge in [-0.1, -0.05) is 0 Å². The Morgan fingerprint density at radius 1 is 1.42 bits per heavy atom. The fourth-order valence-corrected chi connectivity index (χ4v) is 1.12. The van der Waals surface area contributed by atoms with Gasteiger partial charge in [-0.25, -0.2) is 0 Å². The van der Waals surface area contributed by atoms with Crippen molar-refractivity contribution in [2.75, 3.05) is 7.11 Å². The number of aromatic nitrogens is 1. The molecule has 0 aliphatic carbocycles. The Morgan fingerprint density at radius 2 is 2.00 bits per heavy atom. The summed E-state index contributed by atoms with van der Waals surface area (Å²) in [7, 11) is 3.32. The second-order valence-electron chi connectivity index (χ2n) is 2.84. The van der Waals surface area contributed by atoms with E-state index in [1.165, 1.54) is 0 Å². The van der Waals surface area contributed by atoms with Gasteiger partial charge >= 0.3 is 0 Å². The van der Waals surface area contributed by atoms with E-state index in [9.17, 15) is 4.79 Å². The number of aryl methyl sites for hydroxylation is 1. The Bertz CT molecular complexity index is 352. The third-order valence-electron chi connectivity index (χ3n) is 2.08. The highest BCUT2D eigenvalue weighted by Crippen LogP contribution is 2.13. The zero-order valence-corrected chi connectivity index (χ0v) is 7.84. The third kappa shape index (κ3) is 1.22. The minimum Gasteiger partial charge on any atom is -0.496 e. The molecule has 0 spiro atoms. The second-order valence-corrected chi connectivity index (χ2v) is 2.84. The van der Waals surface area contributed by atoms with Crippen molar-refractivity contribution in [3.05, 3.63) is 27.7 Å². The topological polar surface area (TPSA) is 31.2 Å². The second kappa shape index (κ2) is 3.01. The Labute approximate surface area is 71.6 Å². The summed E-state index contributed by atoms with van der Waals surface area (Å²) >= 11 is 0. The van der Waals surface area contributed by atoms with Crippen molar-refractivity contribution in [1.29, 1.82) is 0 Å². The van der Waals surface area contributed by atoms with Crippen LogP contribution in [0.3, 0.4) is 0 Å². The highest BCUT2D eigenvalue weighted by atomic mass is 16.5. The average Bonchev–Trinajstić information content (AvgIpc) is 2.08. The molecule has 1 aromatic heterocycles. The van der Waals surface area contributed by atoms with Gasteiger partial charge in [0.15, 0.2) is 0 Å². The van der Waals surface area contributed by atoms with Gasteiger partial charge in [0.25, 0.3) is 5.56 Å². The molecule has 0 aliphatic rings. The molecule has 0 aliphatic heterocycles. The van der Waals surface area contributed by atoms with Crippen molar-refractivity contribution in [2.45, 2.75) is 13.8 Å². The summed E-state index contributed by atoms with van der Waals surface area (Å²) in [6.07, 6.45) is 0. The first-order valence-corrected chi connectivity index (χ1v) is 3.79. The van der Waals surface area contributed by atoms with Crippen LogP contribution < -0.4 is 10.3 Å². The van der Waals surface area contributed by atoms with Crippen LogP contribution in [0.2, 0.25) is 0 Å². The molecule has 0 saturated carbocycles. The summed E-state index contributed by atoms with van der Waals surface area (Å²) in [6, 6.07) is 1.86. The number of hydrogen-bond donors (Lipinski definition) is 0. The molecule has 1 heterocycles. The fourth-order valence-electron chi connectivity index (χ4n) is 1.12. The van der Waals surface area contributed by atoms with Crippen LogP contribution in [0.1, 0.15) is 11.3 Å². The van der Waals surface area contributed by atoms with Crippen LogP contribution in [0, 0.1) is 13.8 Å². The first-order chi connectivity index (χ1) is 5.57. The van der Waals surface area contributed by atoms with E-state index in [2.05, 4.69) is 0 Å². The van der Waals surface area contributed by atoms with Gasteiger partial charge in [0, 0.05) is 12.7 Å². The highest BCUT2D eigenvalue weighted by Gasteiger charge is 2.05. The van der Waals surface area contributed by atoms with E-state index in [0.29, 0.717) is 11.3 Å². The standard InChI is InChI=1S/C9H13NO2/c1-6-5-8(12-4)7(2)9(11)10(6)3/h5H,1-4H3. The maximum Gasteiger partial charge on any atom is 0.257 e. The lowest BCUT2D eigenvalue weighted by molar-refractivity contribution is 0.408. The summed E-state index contributed by atoms with van der Waals surface area (Å²) in [6.45, 7) is 3.64. The third-order valence-corrected chi connectivity index (χ3v) is 2.08. The van der Waals surface area contributed by atoms with Gasteiger partial charge in [-0.3, -0.25) is 4.79 Å². The molecule has 0 aromatic carbocycles. The van der Waals surface area contributed by atoms with Gasteiger partial charge in [0.2, 0.25) is 0 Å². The zero-order valence-electron chi connectivity index (χ0n) is 7.84. The van der Waals surface area contributed by atoms with Crippen molar-refractivity contribution in [1.82, 2.24) is 4.57 Å². The number of pyridine rings is 1. The van der Waals surface area contributed by atoms with Crippen LogP contribution >= 0.6 is 0 Å². The Morgan fingerprint density at radius 3 is 2.50 bits per heavy atom. The van der Waals surface area contributed by atoms with E-state index in [1.807, 2.05) is 13.0 Å². The van der Waals surface area contributed by atoms with Crippen molar-refractivity contribution in [3.63, 3.8) is 0 Å². The van der Waals surface area contributed by atoms with Crippen LogP contribution in [0.4, 0.5) is 0 Å². The van der Waals surface area contributed by atoms with E-state index in [0.717, 1.165) is 5.69 Å². The maximum atomic E-state index is 11.5. The van der Waals surface area contributed by atoms with Crippen LogP contribution in [0.25, 0.3) is 0 Å². The molecule has 0 fully saturated rings. The van der Waals surface area contributed by atoms with Gasteiger partial charge in [0.05, 0.1) is 12.7 Å². The molecule has 66 valence electrons. The van der Waals surface area contributed by atoms with E-state index in [-0.39, 0.29) is 5.56 Å². The zero-order chi connectivity index (χ0) is 9.30. The van der Waals surface area contributed by atoms with Crippen LogP contribution in [-0.2, 0) is 7.05 Å². The van der Waals surface area contributed by atoms with Crippen molar-refractivity contribution >= 4 is 0 Å². The SMILES string of the molecule is COc1cc(C)n(C)c(=O)c1C. The van der Waals surface area contributed by atoms with Gasteiger partial charge in [-0.05, 0) is 19.9 Å². The molecule has 0 atom stereocenters. The van der Waals surface area contributed by atoms with E-state index in [4.69, 9.17) is 4.74 Å². The molecule has 1 aromatic rings. The lowest BCUT2D eigenvalue weighted by Gasteiger charge is -2.08. The largest absolute Gasteiger partial charge is 0.496 e. The normalized spacial score (nSPS) is 10.0. The van der Waals surface area contributed by atoms with Crippen molar-refractivity contribution in [3.8, 4) is 5.75 Å². The van der Waals surface area contributed by atoms with Gasteiger partial charge < -0.3 is 9.30 Å². The maximum absolute atomic E-state index is 11.5. The quantitative estimate of drug-likeness (QED) is 0.625. The molecule has 12 heavy (non-hydrogen) atoms. The van der Waals surface area contributed by atoms with Crippen LogP contribution in [0.15, 0.2) is 10.9 Å². The Hall–Kier alpha value is -1.25. The Balaban J connectivity index is 3.50. The summed E-state index contributed by atoms with van der Waals surface area (Å²) in [5.74, 6) is 0.663. The first-order valence-electron chi connectivity index (χ1n) is 3.79. The predicted octanol–water partition coefficient (Wildman–Crippen LogP) is 1.01. The fraction of sp³-hybridized carbons (Fsp3) is 0.444. The number of ether oxygens (including phenoxy) is 1. The lowest BCUT2D eigenvalue weighted by atomic mass is 10.2. The molecule has 1 rings (SSSR count). The minimum absolute atomic E-state index is 0.00634. The molecular formula is C9H13NO2. The number of hydrogen-bond acceptors (Lipinski definition) is 2. The highest BCUT2D eigenvalue weighted by molar-refractivity contribution is 5.32. The Kier molecular flexibility index (Phi) is 2.22. The smallest absolute Gasteiger partial charge is 0.257 e.